The van der Waals surface area contributed by atoms with Crippen LogP contribution in [0, 0.1) is 0 Å². The molecule has 1 amide bonds. The van der Waals surface area contributed by atoms with Gasteiger partial charge in [-0.25, -0.2) is 9.59 Å². The number of rotatable bonds is 11. The average molecular weight is 614 g/mol. The van der Waals surface area contributed by atoms with Crippen LogP contribution >= 0.6 is 0 Å². The van der Waals surface area contributed by atoms with E-state index in [9.17, 15) is 24.0 Å². The molecule has 0 N–H and O–H groups in total. The van der Waals surface area contributed by atoms with Crippen molar-refractivity contribution in [3.8, 4) is 0 Å². The van der Waals surface area contributed by atoms with Crippen molar-refractivity contribution in [1.82, 2.24) is 4.90 Å². The Kier molecular flexibility index (Phi) is 11.3. The van der Waals surface area contributed by atoms with Crippen LogP contribution in [0.1, 0.15) is 38.3 Å². The van der Waals surface area contributed by atoms with Crippen LogP contribution in [0.5, 0.6) is 0 Å². The predicted octanol–water partition coefficient (Wildman–Crippen LogP) is 2.68. The molecule has 0 radical (unpaired) electrons. The molecular weight excluding hydrogens is 578 g/mol. The number of hydrogen-bond acceptors (Lipinski definition) is 12. The van der Waals surface area contributed by atoms with Gasteiger partial charge in [0.15, 0.2) is 18.5 Å². The summed E-state index contributed by atoms with van der Waals surface area (Å²) in [6.07, 6.45) is -6.22. The summed E-state index contributed by atoms with van der Waals surface area (Å²) in [6.45, 7) is 3.13. The SMILES string of the molecule is CC(=O)OC[C@@H]1O[C@H](O[C@@H]2C[C@@H](C(=O)OCc3ccccc3)N(C(=O)OCc3ccccc3)C2)[C@H](OC(C)=O)[C@H]1OC(C)=O. The standard InChI is InChI=1S/C31H35NO12/c1-19(33)38-18-26-27(41-20(2)34)28(42-21(3)35)30(44-26)43-24-14-25(29(36)39-16-22-10-6-4-7-11-22)32(15-24)31(37)40-17-23-12-8-5-9-13-23/h4-13,24-28,30H,14-18H2,1-3H3/t24-,25+,26+,27+,28-,30+/m1/s1. The summed E-state index contributed by atoms with van der Waals surface area (Å²) >= 11 is 0. The fourth-order valence-electron chi connectivity index (χ4n) is 4.92. The number of ether oxygens (including phenoxy) is 7. The Morgan fingerprint density at radius 2 is 1.32 bits per heavy atom. The molecule has 0 aromatic heterocycles. The maximum Gasteiger partial charge on any atom is 0.410 e. The second-order valence-electron chi connectivity index (χ2n) is 10.3. The van der Waals surface area contributed by atoms with Crippen molar-refractivity contribution in [1.29, 1.82) is 0 Å². The minimum absolute atomic E-state index is 0.00322. The molecule has 13 heteroatoms. The maximum absolute atomic E-state index is 13.2. The van der Waals surface area contributed by atoms with E-state index in [4.69, 9.17) is 33.2 Å². The van der Waals surface area contributed by atoms with Gasteiger partial charge in [-0.2, -0.15) is 0 Å². The summed E-state index contributed by atoms with van der Waals surface area (Å²) in [7, 11) is 0. The van der Waals surface area contributed by atoms with Gasteiger partial charge in [-0.1, -0.05) is 60.7 Å². The van der Waals surface area contributed by atoms with Crippen molar-refractivity contribution in [3.63, 3.8) is 0 Å². The first-order valence-electron chi connectivity index (χ1n) is 14.1. The quantitative estimate of drug-likeness (QED) is 0.270. The van der Waals surface area contributed by atoms with E-state index in [1.54, 1.807) is 24.3 Å². The molecule has 2 aliphatic heterocycles. The van der Waals surface area contributed by atoms with Crippen LogP contribution in [0.3, 0.4) is 0 Å². The zero-order valence-corrected chi connectivity index (χ0v) is 24.6. The van der Waals surface area contributed by atoms with Crippen molar-refractivity contribution in [2.75, 3.05) is 13.2 Å². The van der Waals surface area contributed by atoms with E-state index in [0.717, 1.165) is 11.1 Å². The molecular formula is C31H35NO12. The smallest absolute Gasteiger partial charge is 0.410 e. The molecule has 2 aromatic carbocycles. The van der Waals surface area contributed by atoms with E-state index in [1.165, 1.54) is 25.7 Å². The molecule has 2 saturated heterocycles. The van der Waals surface area contributed by atoms with Gasteiger partial charge in [-0.05, 0) is 11.1 Å². The van der Waals surface area contributed by atoms with Crippen molar-refractivity contribution in [3.05, 3.63) is 71.8 Å². The minimum Gasteiger partial charge on any atom is -0.463 e. The van der Waals surface area contributed by atoms with E-state index in [-0.39, 0.29) is 32.8 Å². The van der Waals surface area contributed by atoms with Crippen LogP contribution < -0.4 is 0 Å². The average Bonchev–Trinajstić information content (AvgIpc) is 3.55. The Balaban J connectivity index is 1.50. The molecule has 0 aliphatic carbocycles. The van der Waals surface area contributed by atoms with Gasteiger partial charge in [0, 0.05) is 27.2 Å². The molecule has 0 spiro atoms. The summed E-state index contributed by atoms with van der Waals surface area (Å²) < 4.78 is 38.9. The Hall–Kier alpha value is -4.49. The number of amides is 1. The second-order valence-corrected chi connectivity index (χ2v) is 10.3. The lowest BCUT2D eigenvalue weighted by Crippen LogP contribution is -2.43. The topological polar surface area (TPSA) is 153 Å². The summed E-state index contributed by atoms with van der Waals surface area (Å²) in [5.74, 6) is -2.64. The number of likely N-dealkylation sites (tertiary alicyclic amines) is 1. The third kappa shape index (κ3) is 9.01. The van der Waals surface area contributed by atoms with E-state index in [1.807, 2.05) is 36.4 Å². The highest BCUT2D eigenvalue weighted by Gasteiger charge is 2.52. The van der Waals surface area contributed by atoms with Crippen molar-refractivity contribution < 1.29 is 57.1 Å². The molecule has 2 fully saturated rings. The fraction of sp³-hybridized carbons (Fsp3) is 0.452. The van der Waals surface area contributed by atoms with Crippen molar-refractivity contribution >= 4 is 30.0 Å². The van der Waals surface area contributed by atoms with E-state index >= 15 is 0 Å². The lowest BCUT2D eigenvalue weighted by molar-refractivity contribution is -0.204. The molecule has 4 rings (SSSR count). The highest BCUT2D eigenvalue weighted by atomic mass is 16.7. The summed E-state index contributed by atoms with van der Waals surface area (Å²) in [4.78, 5) is 62.9. The number of benzene rings is 2. The van der Waals surface area contributed by atoms with Gasteiger partial charge in [-0.15, -0.1) is 0 Å². The first-order chi connectivity index (χ1) is 21.1. The van der Waals surface area contributed by atoms with Crippen LogP contribution in [0.2, 0.25) is 0 Å². The fourth-order valence-corrected chi connectivity index (χ4v) is 4.92. The summed E-state index contributed by atoms with van der Waals surface area (Å²) in [5, 5.41) is 0. The third-order valence-corrected chi connectivity index (χ3v) is 6.85. The van der Waals surface area contributed by atoms with Gasteiger partial charge in [0.05, 0.1) is 12.6 Å². The number of esters is 4. The Morgan fingerprint density at radius 3 is 1.89 bits per heavy atom. The summed E-state index contributed by atoms with van der Waals surface area (Å²) in [5.41, 5.74) is 1.53. The van der Waals surface area contributed by atoms with E-state index < -0.39 is 66.7 Å². The van der Waals surface area contributed by atoms with Crippen LogP contribution in [-0.4, -0.2) is 84.8 Å². The van der Waals surface area contributed by atoms with Gasteiger partial charge in [0.2, 0.25) is 0 Å². The van der Waals surface area contributed by atoms with Crippen molar-refractivity contribution in [2.45, 2.75) is 77.2 Å². The van der Waals surface area contributed by atoms with Crippen LogP contribution in [0.25, 0.3) is 0 Å². The van der Waals surface area contributed by atoms with Crippen LogP contribution in [0.15, 0.2) is 60.7 Å². The molecule has 0 saturated carbocycles. The number of hydrogen-bond donors (Lipinski definition) is 0. The minimum atomic E-state index is -1.28. The molecule has 0 unspecified atom stereocenters. The van der Waals surface area contributed by atoms with Gasteiger partial charge >= 0.3 is 30.0 Å². The summed E-state index contributed by atoms with van der Waals surface area (Å²) in [6, 6.07) is 17.1. The lowest BCUT2D eigenvalue weighted by atomic mass is 10.1. The molecule has 0 bridgehead atoms. The molecule has 13 nitrogen and oxygen atoms in total. The highest BCUT2D eigenvalue weighted by Crippen LogP contribution is 2.32. The third-order valence-electron chi connectivity index (χ3n) is 6.85. The van der Waals surface area contributed by atoms with Gasteiger partial charge < -0.3 is 33.2 Å². The molecule has 44 heavy (non-hydrogen) atoms. The Bertz CT molecular complexity index is 1240. The van der Waals surface area contributed by atoms with Crippen LogP contribution in [-0.2, 0) is 65.5 Å². The molecule has 6 atom stereocenters. The van der Waals surface area contributed by atoms with Crippen molar-refractivity contribution in [2.24, 2.45) is 0 Å². The Morgan fingerprint density at radius 1 is 0.750 bits per heavy atom. The van der Waals surface area contributed by atoms with E-state index in [0.29, 0.717) is 0 Å². The molecule has 236 valence electrons. The highest BCUT2D eigenvalue weighted by molar-refractivity contribution is 5.82. The second kappa shape index (κ2) is 15.3. The zero-order valence-electron chi connectivity index (χ0n) is 24.6. The predicted molar refractivity (Wildman–Crippen MR) is 149 cm³/mol. The van der Waals surface area contributed by atoms with Gasteiger partial charge in [0.1, 0.15) is 32.0 Å². The number of carbonyl (C=O) groups excluding carboxylic acids is 5. The normalized spacial score (nSPS) is 24.3. The van der Waals surface area contributed by atoms with Gasteiger partial charge in [-0.3, -0.25) is 19.3 Å². The monoisotopic (exact) mass is 613 g/mol. The number of carbonyl (C=O) groups is 5. The molecule has 2 aromatic rings. The maximum atomic E-state index is 13.2. The van der Waals surface area contributed by atoms with E-state index in [2.05, 4.69) is 0 Å². The zero-order chi connectivity index (χ0) is 31.6. The first kappa shape index (κ1) is 32.4. The van der Waals surface area contributed by atoms with Gasteiger partial charge in [0.25, 0.3) is 0 Å². The number of nitrogens with zero attached hydrogens (tertiary/aromatic N) is 1. The Labute approximate surface area is 254 Å². The largest absolute Gasteiger partial charge is 0.463 e. The molecule has 2 heterocycles. The lowest BCUT2D eigenvalue weighted by Gasteiger charge is -2.25. The first-order valence-corrected chi connectivity index (χ1v) is 14.1. The van der Waals surface area contributed by atoms with Crippen LogP contribution in [0.4, 0.5) is 4.79 Å². The molecule has 2 aliphatic rings.